The van der Waals surface area contributed by atoms with Crippen molar-refractivity contribution in [2.45, 2.75) is 59.5 Å². The SMILES string of the molecule is Cc1cc(C(=O)N(C2CC2)C(C)C(C)C)c(C)n1-c1cccnc1. The van der Waals surface area contributed by atoms with E-state index in [2.05, 4.69) is 35.2 Å². The molecule has 2 aromatic heterocycles. The Kier molecular flexibility index (Phi) is 4.48. The van der Waals surface area contributed by atoms with Gasteiger partial charge in [0, 0.05) is 29.7 Å². The zero-order chi connectivity index (χ0) is 17.4. The largest absolute Gasteiger partial charge is 0.333 e. The van der Waals surface area contributed by atoms with Gasteiger partial charge >= 0.3 is 0 Å². The summed E-state index contributed by atoms with van der Waals surface area (Å²) >= 11 is 0. The molecule has 3 rings (SSSR count). The van der Waals surface area contributed by atoms with E-state index in [1.807, 2.05) is 38.2 Å². The third kappa shape index (κ3) is 2.97. The van der Waals surface area contributed by atoms with Crippen LogP contribution < -0.4 is 0 Å². The van der Waals surface area contributed by atoms with Gasteiger partial charge in [0.2, 0.25) is 0 Å². The van der Waals surface area contributed by atoms with E-state index in [4.69, 9.17) is 0 Å². The van der Waals surface area contributed by atoms with E-state index in [-0.39, 0.29) is 11.9 Å². The molecule has 1 unspecified atom stereocenters. The van der Waals surface area contributed by atoms with Crippen LogP contribution in [0.2, 0.25) is 0 Å². The highest BCUT2D eigenvalue weighted by atomic mass is 16.2. The summed E-state index contributed by atoms with van der Waals surface area (Å²) in [6.07, 6.45) is 5.86. The Morgan fingerprint density at radius 1 is 1.29 bits per heavy atom. The first-order chi connectivity index (χ1) is 11.4. The average molecular weight is 325 g/mol. The summed E-state index contributed by atoms with van der Waals surface area (Å²) in [5.41, 5.74) is 3.88. The van der Waals surface area contributed by atoms with Gasteiger partial charge in [0.15, 0.2) is 0 Å². The molecule has 2 aromatic rings. The molecule has 1 fully saturated rings. The van der Waals surface area contributed by atoms with Gasteiger partial charge in [0.05, 0.1) is 17.4 Å². The molecule has 1 atom stereocenters. The monoisotopic (exact) mass is 325 g/mol. The number of amides is 1. The number of carbonyl (C=O) groups is 1. The maximum atomic E-state index is 13.3. The van der Waals surface area contributed by atoms with Crippen molar-refractivity contribution in [2.75, 3.05) is 0 Å². The molecular weight excluding hydrogens is 298 g/mol. The number of carbonyl (C=O) groups excluding carboxylic acids is 1. The summed E-state index contributed by atoms with van der Waals surface area (Å²) in [6.45, 7) is 10.6. The third-order valence-electron chi connectivity index (χ3n) is 5.14. The van der Waals surface area contributed by atoms with Crippen LogP contribution in [0.3, 0.4) is 0 Å². The fourth-order valence-electron chi connectivity index (χ4n) is 3.36. The number of nitrogens with zero attached hydrogens (tertiary/aromatic N) is 3. The Bertz CT molecular complexity index is 729. The fourth-order valence-corrected chi connectivity index (χ4v) is 3.36. The highest BCUT2D eigenvalue weighted by Crippen LogP contribution is 2.33. The first kappa shape index (κ1) is 16.7. The molecule has 128 valence electrons. The second-order valence-corrected chi connectivity index (χ2v) is 7.26. The molecule has 1 aliphatic rings. The van der Waals surface area contributed by atoms with Gasteiger partial charge in [-0.2, -0.15) is 0 Å². The van der Waals surface area contributed by atoms with Gasteiger partial charge in [-0.3, -0.25) is 9.78 Å². The van der Waals surface area contributed by atoms with Gasteiger partial charge in [0.25, 0.3) is 5.91 Å². The molecule has 0 spiro atoms. The lowest BCUT2D eigenvalue weighted by atomic mass is 10.0. The van der Waals surface area contributed by atoms with Crippen LogP contribution in [-0.4, -0.2) is 32.4 Å². The van der Waals surface area contributed by atoms with Crippen molar-refractivity contribution < 1.29 is 4.79 Å². The van der Waals surface area contributed by atoms with Crippen molar-refractivity contribution in [3.05, 3.63) is 47.5 Å². The molecule has 24 heavy (non-hydrogen) atoms. The van der Waals surface area contributed by atoms with E-state index in [0.717, 1.165) is 35.5 Å². The Morgan fingerprint density at radius 3 is 2.54 bits per heavy atom. The summed E-state index contributed by atoms with van der Waals surface area (Å²) in [4.78, 5) is 19.6. The molecule has 1 aliphatic carbocycles. The number of hydrogen-bond acceptors (Lipinski definition) is 2. The minimum Gasteiger partial charge on any atom is -0.333 e. The fraction of sp³-hybridized carbons (Fsp3) is 0.500. The van der Waals surface area contributed by atoms with E-state index < -0.39 is 0 Å². The summed E-state index contributed by atoms with van der Waals surface area (Å²) in [5.74, 6) is 0.623. The van der Waals surface area contributed by atoms with Crippen LogP contribution in [0, 0.1) is 19.8 Å². The van der Waals surface area contributed by atoms with Crippen molar-refractivity contribution in [3.63, 3.8) is 0 Å². The first-order valence-electron chi connectivity index (χ1n) is 8.83. The minimum atomic E-state index is 0.168. The minimum absolute atomic E-state index is 0.168. The van der Waals surface area contributed by atoms with E-state index in [9.17, 15) is 4.79 Å². The van der Waals surface area contributed by atoms with E-state index in [0.29, 0.717) is 12.0 Å². The van der Waals surface area contributed by atoms with E-state index in [1.165, 1.54) is 0 Å². The zero-order valence-corrected chi connectivity index (χ0v) is 15.3. The lowest BCUT2D eigenvalue weighted by molar-refractivity contribution is 0.0627. The second-order valence-electron chi connectivity index (χ2n) is 7.26. The topological polar surface area (TPSA) is 38.1 Å². The van der Waals surface area contributed by atoms with E-state index >= 15 is 0 Å². The molecule has 0 N–H and O–H groups in total. The Labute approximate surface area is 144 Å². The lowest BCUT2D eigenvalue weighted by Gasteiger charge is -2.32. The molecule has 1 amide bonds. The first-order valence-corrected chi connectivity index (χ1v) is 8.83. The predicted molar refractivity (Wildman–Crippen MR) is 96.5 cm³/mol. The van der Waals surface area contributed by atoms with Crippen LogP contribution >= 0.6 is 0 Å². The highest BCUT2D eigenvalue weighted by Gasteiger charge is 2.38. The number of aromatic nitrogens is 2. The molecule has 0 aliphatic heterocycles. The summed E-state index contributed by atoms with van der Waals surface area (Å²) in [5, 5.41) is 0. The van der Waals surface area contributed by atoms with Gasteiger partial charge in [-0.15, -0.1) is 0 Å². The van der Waals surface area contributed by atoms with Gasteiger partial charge in [-0.1, -0.05) is 13.8 Å². The van der Waals surface area contributed by atoms with Crippen LogP contribution in [0.4, 0.5) is 0 Å². The maximum Gasteiger partial charge on any atom is 0.256 e. The molecule has 4 nitrogen and oxygen atoms in total. The third-order valence-corrected chi connectivity index (χ3v) is 5.14. The van der Waals surface area contributed by atoms with Crippen LogP contribution in [0.5, 0.6) is 0 Å². The van der Waals surface area contributed by atoms with Crippen molar-refractivity contribution in [3.8, 4) is 5.69 Å². The quantitative estimate of drug-likeness (QED) is 0.828. The summed E-state index contributed by atoms with van der Waals surface area (Å²) in [7, 11) is 0. The smallest absolute Gasteiger partial charge is 0.256 e. The van der Waals surface area contributed by atoms with Gasteiger partial charge < -0.3 is 9.47 Å². The molecule has 0 radical (unpaired) electrons. The average Bonchev–Trinajstić information content (AvgIpc) is 3.33. The summed E-state index contributed by atoms with van der Waals surface area (Å²) < 4.78 is 2.12. The lowest BCUT2D eigenvalue weighted by Crippen LogP contribution is -2.43. The molecule has 2 heterocycles. The molecular formula is C20H27N3O. The van der Waals surface area contributed by atoms with Crippen molar-refractivity contribution in [2.24, 2.45) is 5.92 Å². The standard InChI is InChI=1S/C20H27N3O/c1-13(2)15(4)23(17-8-9-17)20(24)19-11-14(3)22(16(19)5)18-7-6-10-21-12-18/h6-7,10-13,15,17H,8-9H2,1-5H3. The molecule has 0 bridgehead atoms. The Hall–Kier alpha value is -2.10. The molecule has 0 saturated heterocycles. The van der Waals surface area contributed by atoms with Crippen LogP contribution in [-0.2, 0) is 0 Å². The van der Waals surface area contributed by atoms with Crippen LogP contribution in [0.25, 0.3) is 5.69 Å². The van der Waals surface area contributed by atoms with Gasteiger partial charge in [0.1, 0.15) is 0 Å². The van der Waals surface area contributed by atoms with Gasteiger partial charge in [-0.25, -0.2) is 0 Å². The maximum absolute atomic E-state index is 13.3. The number of rotatable bonds is 5. The Balaban J connectivity index is 1.99. The van der Waals surface area contributed by atoms with Gasteiger partial charge in [-0.05, 0) is 57.7 Å². The normalized spacial score (nSPS) is 15.6. The summed E-state index contributed by atoms with van der Waals surface area (Å²) in [6, 6.07) is 6.64. The second kappa shape index (κ2) is 6.42. The van der Waals surface area contributed by atoms with Crippen molar-refractivity contribution in [1.82, 2.24) is 14.5 Å². The number of hydrogen-bond donors (Lipinski definition) is 0. The van der Waals surface area contributed by atoms with Crippen LogP contribution in [0.1, 0.15) is 55.4 Å². The number of aryl methyl sites for hydroxylation is 1. The van der Waals surface area contributed by atoms with E-state index in [1.54, 1.807) is 6.20 Å². The van der Waals surface area contributed by atoms with Crippen LogP contribution in [0.15, 0.2) is 30.6 Å². The predicted octanol–water partition coefficient (Wildman–Crippen LogP) is 4.14. The zero-order valence-electron chi connectivity index (χ0n) is 15.3. The Morgan fingerprint density at radius 2 is 2.00 bits per heavy atom. The molecule has 1 saturated carbocycles. The molecule has 0 aromatic carbocycles. The van der Waals surface area contributed by atoms with Crippen molar-refractivity contribution in [1.29, 1.82) is 0 Å². The van der Waals surface area contributed by atoms with Crippen molar-refractivity contribution >= 4 is 5.91 Å². The molecule has 4 heteroatoms. The number of pyridine rings is 1. The highest BCUT2D eigenvalue weighted by molar-refractivity contribution is 5.96.